The van der Waals surface area contributed by atoms with E-state index >= 15 is 0 Å². The first-order valence-corrected chi connectivity index (χ1v) is 18.7. The molecule has 14 heteroatoms. The molecule has 0 radical (unpaired) electrons. The zero-order valence-corrected chi connectivity index (χ0v) is 31.8. The van der Waals surface area contributed by atoms with Crippen molar-refractivity contribution in [3.05, 3.63) is 35.9 Å². The number of hydrogen-bond donors (Lipinski definition) is 5. The van der Waals surface area contributed by atoms with Gasteiger partial charge in [0.2, 0.25) is 0 Å². The average Bonchev–Trinajstić information content (AvgIpc) is 3.53. The normalized spacial score (nSPS) is 16.4. The second-order valence-corrected chi connectivity index (χ2v) is 13.3. The standard InChI is InChI=1S/C17H26N6O2S.C6H4F2.C3H8O2.2C3H8.C2H6S/c1-2-9-26-17-19-15(18-11-3-4-11)14-16(20-17)23(22-21-14)12-5-6-13(10-12)25-8-7-24;7-5-3-1-2-4-6(5)8;1-3(2,4)5;2*1-3-2;1-2-3/h11-13,24H,2-10H2,1H3,(H,18,19,20);1-4H;4-5H,1-2H3;2*3H2,1-2H3;3H,2H2,1H3. The summed E-state index contributed by atoms with van der Waals surface area (Å²) in [6, 6.07) is 5.78. The van der Waals surface area contributed by atoms with Crippen LogP contribution in [0.15, 0.2) is 29.4 Å². The predicted molar refractivity (Wildman–Crippen MR) is 197 cm³/mol. The van der Waals surface area contributed by atoms with Crippen LogP contribution in [0.25, 0.3) is 11.2 Å². The van der Waals surface area contributed by atoms with Gasteiger partial charge in [0.15, 0.2) is 39.6 Å². The Labute approximate surface area is 296 Å². The monoisotopic (exact) mass is 718 g/mol. The Morgan fingerprint density at radius 3 is 1.98 bits per heavy atom. The van der Waals surface area contributed by atoms with Crippen molar-refractivity contribution in [3.63, 3.8) is 0 Å². The van der Waals surface area contributed by atoms with Crippen molar-refractivity contribution in [1.29, 1.82) is 0 Å². The van der Waals surface area contributed by atoms with Crippen LogP contribution in [0.3, 0.4) is 0 Å². The molecule has 276 valence electrons. The van der Waals surface area contributed by atoms with E-state index in [4.69, 9.17) is 25.0 Å². The first-order valence-electron chi connectivity index (χ1n) is 17.0. The molecule has 2 heterocycles. The Hall–Kier alpha value is -2.10. The Kier molecular flexibility index (Phi) is 25.6. The quantitative estimate of drug-likeness (QED) is 0.0644. The lowest BCUT2D eigenvalue weighted by atomic mass is 10.2. The summed E-state index contributed by atoms with van der Waals surface area (Å²) >= 11 is 5.47. The average molecular weight is 719 g/mol. The molecule has 2 aromatic heterocycles. The Bertz CT molecular complexity index is 1200. The van der Waals surface area contributed by atoms with E-state index in [1.165, 1.54) is 51.7 Å². The van der Waals surface area contributed by atoms with Gasteiger partial charge >= 0.3 is 0 Å². The number of thiol groups is 1. The summed E-state index contributed by atoms with van der Waals surface area (Å²) in [6.07, 6.45) is 8.97. The number of anilines is 1. The molecule has 10 nitrogen and oxygen atoms in total. The molecule has 1 aromatic carbocycles. The number of benzene rings is 1. The third-order valence-corrected chi connectivity index (χ3v) is 6.68. The lowest BCUT2D eigenvalue weighted by Crippen LogP contribution is -2.15. The van der Waals surface area contributed by atoms with Crippen LogP contribution >= 0.6 is 24.4 Å². The molecule has 2 atom stereocenters. The molecule has 48 heavy (non-hydrogen) atoms. The van der Waals surface area contributed by atoms with Gasteiger partial charge in [0, 0.05) is 11.8 Å². The van der Waals surface area contributed by atoms with Gasteiger partial charge in [-0.2, -0.15) is 12.6 Å². The Morgan fingerprint density at radius 1 is 0.979 bits per heavy atom. The van der Waals surface area contributed by atoms with Crippen molar-refractivity contribution in [2.24, 2.45) is 0 Å². The van der Waals surface area contributed by atoms with E-state index in [0.717, 1.165) is 71.5 Å². The first-order chi connectivity index (χ1) is 22.8. The van der Waals surface area contributed by atoms with Gasteiger partial charge in [0.05, 0.1) is 25.4 Å². The fourth-order valence-electron chi connectivity index (χ4n) is 3.79. The molecular formula is C34H60F2N6O4S2. The summed E-state index contributed by atoms with van der Waals surface area (Å²) in [7, 11) is 0. The molecule has 2 saturated carbocycles. The number of aliphatic hydroxyl groups excluding tert-OH is 1. The first kappa shape index (κ1) is 45.9. The van der Waals surface area contributed by atoms with Gasteiger partial charge in [0.25, 0.3) is 0 Å². The zero-order valence-electron chi connectivity index (χ0n) is 30.1. The van der Waals surface area contributed by atoms with Gasteiger partial charge in [-0.15, -0.1) is 5.10 Å². The molecule has 0 saturated heterocycles. The maximum absolute atomic E-state index is 11.9. The maximum atomic E-state index is 11.9. The van der Waals surface area contributed by atoms with Crippen molar-refractivity contribution in [2.75, 3.05) is 30.0 Å². The highest BCUT2D eigenvalue weighted by Crippen LogP contribution is 2.35. The third-order valence-electron chi connectivity index (χ3n) is 5.63. The summed E-state index contributed by atoms with van der Waals surface area (Å²) in [5.41, 5.74) is 1.58. The molecule has 3 aromatic rings. The van der Waals surface area contributed by atoms with Gasteiger partial charge in [-0.05, 0) is 70.3 Å². The minimum absolute atomic E-state index is 0.0643. The number of ether oxygens (including phenoxy) is 1. The molecule has 0 amide bonds. The molecule has 0 bridgehead atoms. The van der Waals surface area contributed by atoms with Crippen LogP contribution < -0.4 is 5.32 Å². The Balaban J connectivity index is 0.000000820. The van der Waals surface area contributed by atoms with E-state index in [2.05, 4.69) is 67.9 Å². The van der Waals surface area contributed by atoms with Crippen molar-refractivity contribution < 1.29 is 28.8 Å². The number of nitrogens with one attached hydrogen (secondary N) is 1. The second kappa shape index (κ2) is 26.7. The van der Waals surface area contributed by atoms with E-state index in [-0.39, 0.29) is 18.8 Å². The highest BCUT2D eigenvalue weighted by molar-refractivity contribution is 7.99. The molecule has 5 rings (SSSR count). The second-order valence-electron chi connectivity index (χ2n) is 11.7. The number of nitrogens with zero attached hydrogens (tertiary/aromatic N) is 5. The van der Waals surface area contributed by atoms with E-state index in [0.29, 0.717) is 12.6 Å². The number of aromatic nitrogens is 5. The number of thioether (sulfide) groups is 1. The minimum atomic E-state index is -1.50. The number of fused-ring (bicyclic) bond motifs is 1. The molecule has 0 spiro atoms. The van der Waals surface area contributed by atoms with Crippen molar-refractivity contribution in [1.82, 2.24) is 25.0 Å². The van der Waals surface area contributed by atoms with Crippen LogP contribution in [0.5, 0.6) is 0 Å². The molecule has 2 unspecified atom stereocenters. The molecule has 2 aliphatic rings. The molecule has 2 fully saturated rings. The maximum Gasteiger partial charge on any atom is 0.191 e. The van der Waals surface area contributed by atoms with Crippen LogP contribution in [0.2, 0.25) is 0 Å². The summed E-state index contributed by atoms with van der Waals surface area (Å²) in [5.74, 6) is -0.343. The van der Waals surface area contributed by atoms with Gasteiger partial charge in [-0.25, -0.2) is 23.4 Å². The molecule has 0 aliphatic heterocycles. The van der Waals surface area contributed by atoms with Crippen LogP contribution in [0.1, 0.15) is 113 Å². The lowest BCUT2D eigenvalue weighted by molar-refractivity contribution is -0.127. The largest absolute Gasteiger partial charge is 0.394 e. The number of rotatable bonds is 9. The third kappa shape index (κ3) is 21.1. The van der Waals surface area contributed by atoms with E-state index in [1.807, 2.05) is 11.6 Å². The van der Waals surface area contributed by atoms with Crippen LogP contribution in [0, 0.1) is 11.6 Å². The van der Waals surface area contributed by atoms with Crippen LogP contribution in [0.4, 0.5) is 14.6 Å². The number of halogens is 2. The van der Waals surface area contributed by atoms with E-state index < -0.39 is 17.4 Å². The number of hydrogen-bond acceptors (Lipinski definition) is 11. The molecular weight excluding hydrogens is 659 g/mol. The van der Waals surface area contributed by atoms with Gasteiger partial charge in [-0.1, -0.05) is 83.5 Å². The lowest BCUT2D eigenvalue weighted by Gasteiger charge is -2.13. The molecule has 2 aliphatic carbocycles. The van der Waals surface area contributed by atoms with Crippen molar-refractivity contribution in [2.45, 2.75) is 136 Å². The molecule has 4 N–H and O–H groups in total. The van der Waals surface area contributed by atoms with Gasteiger partial charge in [-0.3, -0.25) is 0 Å². The summed E-state index contributed by atoms with van der Waals surface area (Å²) in [5, 5.41) is 38.2. The zero-order chi connectivity index (χ0) is 36.5. The number of aliphatic hydroxyl groups is 3. The van der Waals surface area contributed by atoms with Gasteiger partial charge in [0.1, 0.15) is 0 Å². The van der Waals surface area contributed by atoms with Crippen LogP contribution in [-0.2, 0) is 4.74 Å². The predicted octanol–water partition coefficient (Wildman–Crippen LogP) is 7.84. The fraction of sp³-hybridized carbons (Fsp3) is 0.706. The highest BCUT2D eigenvalue weighted by atomic mass is 32.2. The fourth-order valence-corrected chi connectivity index (χ4v) is 4.48. The summed E-state index contributed by atoms with van der Waals surface area (Å²) in [4.78, 5) is 9.45. The van der Waals surface area contributed by atoms with E-state index in [1.54, 1.807) is 11.8 Å². The highest BCUT2D eigenvalue weighted by Gasteiger charge is 2.30. The smallest absolute Gasteiger partial charge is 0.191 e. The van der Waals surface area contributed by atoms with Crippen molar-refractivity contribution in [3.8, 4) is 0 Å². The Morgan fingerprint density at radius 2 is 1.52 bits per heavy atom. The van der Waals surface area contributed by atoms with Gasteiger partial charge < -0.3 is 25.4 Å². The van der Waals surface area contributed by atoms with Crippen molar-refractivity contribution >= 4 is 41.4 Å². The SMILES string of the molecule is CC(C)(O)O.CCC.CCC.CCCSc1nc(NC2CC2)c2nnn(C3CCC(OCCO)C3)c2n1.CCS.Fc1ccccc1F. The summed E-state index contributed by atoms with van der Waals surface area (Å²) < 4.78 is 31.5. The minimum Gasteiger partial charge on any atom is -0.394 e. The summed E-state index contributed by atoms with van der Waals surface area (Å²) in [6.45, 7) is 15.7. The van der Waals surface area contributed by atoms with Crippen LogP contribution in [-0.4, -0.2) is 82.9 Å². The van der Waals surface area contributed by atoms with E-state index in [9.17, 15) is 8.78 Å². The topological polar surface area (TPSA) is 138 Å².